The number of carbonyl (C=O) groups excluding carboxylic acids is 1. The quantitative estimate of drug-likeness (QED) is 0.310. The molecule has 0 radical (unpaired) electrons. The van der Waals surface area contributed by atoms with Crippen LogP contribution in [0, 0.1) is 0 Å². The summed E-state index contributed by atoms with van der Waals surface area (Å²) in [7, 11) is -3.56. The third-order valence-electron chi connectivity index (χ3n) is 6.44. The predicted octanol–water partition coefficient (Wildman–Crippen LogP) is 4.02. The Morgan fingerprint density at radius 2 is 1.67 bits per heavy atom. The van der Waals surface area contributed by atoms with Gasteiger partial charge in [0.15, 0.2) is 0 Å². The second-order valence-electron chi connectivity index (χ2n) is 8.54. The predicted molar refractivity (Wildman–Crippen MR) is 136 cm³/mol. The van der Waals surface area contributed by atoms with E-state index >= 15 is 0 Å². The minimum absolute atomic E-state index is 0.181. The van der Waals surface area contributed by atoms with Crippen molar-refractivity contribution in [3.8, 4) is 11.1 Å². The van der Waals surface area contributed by atoms with Gasteiger partial charge in [-0.3, -0.25) is 10.0 Å². The Morgan fingerprint density at radius 1 is 0.972 bits per heavy atom. The molecule has 0 fully saturated rings. The number of hydroxylamine groups is 1. The van der Waals surface area contributed by atoms with E-state index in [2.05, 4.69) is 53.6 Å². The van der Waals surface area contributed by atoms with Crippen LogP contribution in [0.15, 0.2) is 106 Å². The number of sulfonamides is 1. The molecule has 3 heterocycles. The monoisotopic (exact) mass is 503 g/mol. The number of furan rings is 1. The number of hydrogen-bond acceptors (Lipinski definition) is 6. The van der Waals surface area contributed by atoms with Crippen LogP contribution in [0.4, 0.5) is 5.69 Å². The van der Waals surface area contributed by atoms with Gasteiger partial charge in [0.1, 0.15) is 5.76 Å². The van der Waals surface area contributed by atoms with E-state index < -0.39 is 10.0 Å². The molecule has 0 unspecified atom stereocenters. The zero-order valence-corrected chi connectivity index (χ0v) is 20.2. The number of nitrogens with zero attached hydrogens (tertiary/aromatic N) is 2. The highest BCUT2D eigenvalue weighted by molar-refractivity contribution is 7.89. The van der Waals surface area contributed by atoms with Crippen LogP contribution in [-0.4, -0.2) is 37.4 Å². The van der Waals surface area contributed by atoms with Crippen molar-refractivity contribution in [2.75, 3.05) is 18.0 Å². The zero-order chi connectivity index (χ0) is 25.1. The van der Waals surface area contributed by atoms with Crippen molar-refractivity contribution in [3.63, 3.8) is 0 Å². The van der Waals surface area contributed by atoms with Crippen molar-refractivity contribution in [2.24, 2.45) is 0 Å². The number of carbonyl (C=O) groups is 1. The van der Waals surface area contributed by atoms with Crippen LogP contribution in [0.2, 0.25) is 0 Å². The van der Waals surface area contributed by atoms with E-state index in [0.29, 0.717) is 17.9 Å². The molecule has 9 heteroatoms. The standard InChI is InChI=1S/C26H22N2O3S.CH3NO2/c29-32(30,28-14-12-21-13-15-31-26(21)18-28)25-10-6-20(7-11-25)19-4-8-24(9-5-19)27-16-22-2-1-3-23(22)17-27;3-1-2-4/h1-11,13,15-16H,12,14,17-18H2;1,4H,(H,2,3). The van der Waals surface area contributed by atoms with Gasteiger partial charge in [0.2, 0.25) is 16.4 Å². The molecule has 6 rings (SSSR count). The summed E-state index contributed by atoms with van der Waals surface area (Å²) in [4.78, 5) is 11.4. The molecule has 0 saturated heterocycles. The first-order valence-corrected chi connectivity index (χ1v) is 12.9. The van der Waals surface area contributed by atoms with E-state index in [-0.39, 0.29) is 13.0 Å². The van der Waals surface area contributed by atoms with Gasteiger partial charge >= 0.3 is 0 Å². The number of nitrogens with one attached hydrogen (secondary N) is 1. The molecule has 1 amide bonds. The topological polar surface area (TPSA) is 103 Å². The lowest BCUT2D eigenvalue weighted by atomic mass is 10.1. The maximum absolute atomic E-state index is 13.1. The summed E-state index contributed by atoms with van der Waals surface area (Å²) in [6.45, 7) is 1.65. The van der Waals surface area contributed by atoms with E-state index in [1.165, 1.54) is 20.9 Å². The fourth-order valence-electron chi connectivity index (χ4n) is 4.54. The van der Waals surface area contributed by atoms with Gasteiger partial charge in [-0.15, -0.1) is 0 Å². The molecular formula is C27H25N3O5S. The SMILES string of the molecule is O=CNO.O=S(=O)(c1ccc(-c2ccc(N3C=C4C=CC=C4C3)cc2)cc1)N1CCc2ccoc2C1. The Morgan fingerprint density at radius 3 is 2.33 bits per heavy atom. The molecule has 1 aromatic heterocycles. The summed E-state index contributed by atoms with van der Waals surface area (Å²) in [6.07, 6.45) is 11.0. The summed E-state index contributed by atoms with van der Waals surface area (Å²) in [6, 6.07) is 17.4. The maximum Gasteiger partial charge on any atom is 0.243 e. The number of amides is 1. The lowest BCUT2D eigenvalue weighted by molar-refractivity contribution is -0.116. The average Bonchev–Trinajstić information content (AvgIpc) is 3.65. The van der Waals surface area contributed by atoms with Crippen molar-refractivity contribution in [1.82, 2.24) is 9.79 Å². The van der Waals surface area contributed by atoms with Gasteiger partial charge in [-0.1, -0.05) is 42.5 Å². The van der Waals surface area contributed by atoms with Gasteiger partial charge in [-0.25, -0.2) is 13.9 Å². The first-order chi connectivity index (χ1) is 17.5. The van der Waals surface area contributed by atoms with Gasteiger partial charge in [0, 0.05) is 25.0 Å². The first kappa shape index (κ1) is 23.8. The van der Waals surface area contributed by atoms with Gasteiger partial charge in [0.25, 0.3) is 0 Å². The molecule has 0 bridgehead atoms. The summed E-state index contributed by atoms with van der Waals surface area (Å²) in [5, 5.41) is 7.26. The Bertz CT molecular complexity index is 1450. The molecule has 2 N–H and O–H groups in total. The summed E-state index contributed by atoms with van der Waals surface area (Å²) >= 11 is 0. The maximum atomic E-state index is 13.1. The fourth-order valence-corrected chi connectivity index (χ4v) is 5.93. The van der Waals surface area contributed by atoms with E-state index in [1.807, 2.05) is 18.2 Å². The highest BCUT2D eigenvalue weighted by atomic mass is 32.2. The Hall–Kier alpha value is -3.92. The van der Waals surface area contributed by atoms with Crippen molar-refractivity contribution in [2.45, 2.75) is 17.9 Å². The lowest BCUT2D eigenvalue weighted by Gasteiger charge is -2.25. The van der Waals surface area contributed by atoms with Crippen LogP contribution in [0.25, 0.3) is 11.1 Å². The van der Waals surface area contributed by atoms with Gasteiger partial charge in [-0.05, 0) is 64.6 Å². The highest BCUT2D eigenvalue weighted by Gasteiger charge is 2.29. The third kappa shape index (κ3) is 4.64. The summed E-state index contributed by atoms with van der Waals surface area (Å²) in [5.74, 6) is 0.737. The average molecular weight is 504 g/mol. The molecule has 0 saturated carbocycles. The number of fused-ring (bicyclic) bond motifs is 2. The van der Waals surface area contributed by atoms with Crippen LogP contribution < -0.4 is 10.4 Å². The van der Waals surface area contributed by atoms with Gasteiger partial charge in [0.05, 0.1) is 17.7 Å². The van der Waals surface area contributed by atoms with Crippen LogP contribution in [0.3, 0.4) is 0 Å². The van der Waals surface area contributed by atoms with E-state index in [9.17, 15) is 8.42 Å². The lowest BCUT2D eigenvalue weighted by Crippen LogP contribution is -2.35. The normalized spacial score (nSPS) is 16.4. The van der Waals surface area contributed by atoms with Crippen molar-refractivity contribution in [1.29, 1.82) is 0 Å². The molecule has 0 spiro atoms. The van der Waals surface area contributed by atoms with Gasteiger partial charge in [-0.2, -0.15) is 4.31 Å². The number of allylic oxidation sites excluding steroid dienone is 3. The Kier molecular flexibility index (Phi) is 6.60. The minimum Gasteiger partial charge on any atom is -0.468 e. The number of hydrogen-bond donors (Lipinski definition) is 2. The second-order valence-corrected chi connectivity index (χ2v) is 10.5. The Labute approximate surface area is 209 Å². The fraction of sp³-hybridized carbons (Fsp3) is 0.148. The molecular weight excluding hydrogens is 478 g/mol. The molecule has 184 valence electrons. The van der Waals surface area contributed by atoms with Crippen LogP contribution >= 0.6 is 0 Å². The molecule has 3 aliphatic rings. The smallest absolute Gasteiger partial charge is 0.243 e. The van der Waals surface area contributed by atoms with E-state index in [4.69, 9.17) is 14.4 Å². The zero-order valence-electron chi connectivity index (χ0n) is 19.4. The summed E-state index contributed by atoms with van der Waals surface area (Å²) < 4.78 is 33.1. The van der Waals surface area contributed by atoms with E-state index in [0.717, 1.165) is 34.7 Å². The highest BCUT2D eigenvalue weighted by Crippen LogP contribution is 2.32. The van der Waals surface area contributed by atoms with Crippen molar-refractivity contribution >= 4 is 22.1 Å². The van der Waals surface area contributed by atoms with Crippen LogP contribution in [0.1, 0.15) is 11.3 Å². The minimum atomic E-state index is -3.56. The largest absolute Gasteiger partial charge is 0.468 e. The van der Waals surface area contributed by atoms with Crippen molar-refractivity contribution < 1.29 is 22.8 Å². The number of rotatable bonds is 5. The Balaban J connectivity index is 0.000000623. The van der Waals surface area contributed by atoms with Gasteiger partial charge < -0.3 is 9.32 Å². The van der Waals surface area contributed by atoms with E-state index in [1.54, 1.807) is 18.4 Å². The molecule has 2 aliphatic heterocycles. The molecule has 3 aromatic rings. The first-order valence-electron chi connectivity index (χ1n) is 11.4. The molecule has 8 nitrogen and oxygen atoms in total. The van der Waals surface area contributed by atoms with Crippen molar-refractivity contribution in [3.05, 3.63) is 108 Å². The third-order valence-corrected chi connectivity index (χ3v) is 8.30. The summed E-state index contributed by atoms with van der Waals surface area (Å²) in [5.41, 5.74) is 8.17. The molecule has 2 aromatic carbocycles. The second kappa shape index (κ2) is 9.98. The molecule has 36 heavy (non-hydrogen) atoms. The molecule has 1 aliphatic carbocycles. The number of benzene rings is 2. The number of anilines is 1. The molecule has 0 atom stereocenters. The van der Waals surface area contributed by atoms with Crippen LogP contribution in [0.5, 0.6) is 0 Å². The van der Waals surface area contributed by atoms with Crippen LogP contribution in [-0.2, 0) is 27.8 Å².